The number of carbonyl (C=O) groups excluding carboxylic acids is 1. The Morgan fingerprint density at radius 3 is 2.55 bits per heavy atom. The van der Waals surface area contributed by atoms with Crippen LogP contribution in [0.5, 0.6) is 0 Å². The number of amides is 1. The first-order valence-electron chi connectivity index (χ1n) is 8.11. The van der Waals surface area contributed by atoms with Crippen molar-refractivity contribution in [3.05, 3.63) is 68.7 Å². The normalized spacial score (nSPS) is 11.1. The van der Waals surface area contributed by atoms with Gasteiger partial charge in [0.05, 0.1) is 22.0 Å². The molecule has 0 saturated carbocycles. The fraction of sp³-hybridized carbons (Fsp3) is 0.111. The lowest BCUT2D eigenvalue weighted by molar-refractivity contribution is -0.118. The fourth-order valence-corrected chi connectivity index (χ4v) is 5.48. The van der Waals surface area contributed by atoms with Crippen LogP contribution in [-0.4, -0.2) is 28.1 Å². The smallest absolute Gasteiger partial charge is 0.250 e. The second-order valence-corrected chi connectivity index (χ2v) is 10.1. The Kier molecular flexibility index (Phi) is 8.65. The van der Waals surface area contributed by atoms with Gasteiger partial charge in [0, 0.05) is 16.3 Å². The number of nitrogens with zero attached hydrogens (tertiary/aromatic N) is 3. The van der Waals surface area contributed by atoms with Crippen LogP contribution < -0.4 is 5.43 Å². The molecular formula is C18H13Cl3N4OS3. The van der Waals surface area contributed by atoms with Crippen LogP contribution in [-0.2, 0) is 10.5 Å². The second kappa shape index (κ2) is 11.2. The molecule has 11 heteroatoms. The third-order valence-corrected chi connectivity index (χ3v) is 7.84. The number of rotatable bonds is 8. The predicted octanol–water partition coefficient (Wildman–Crippen LogP) is 6.03. The third kappa shape index (κ3) is 6.87. The maximum absolute atomic E-state index is 11.9. The van der Waals surface area contributed by atoms with Crippen molar-refractivity contribution in [3.8, 4) is 0 Å². The maximum Gasteiger partial charge on any atom is 0.250 e. The van der Waals surface area contributed by atoms with Gasteiger partial charge in [-0.25, -0.2) is 5.43 Å². The molecule has 1 N–H and O–H groups in total. The molecule has 29 heavy (non-hydrogen) atoms. The van der Waals surface area contributed by atoms with Crippen molar-refractivity contribution in [2.24, 2.45) is 5.10 Å². The lowest BCUT2D eigenvalue weighted by atomic mass is 10.2. The lowest BCUT2D eigenvalue weighted by Crippen LogP contribution is -2.19. The highest BCUT2D eigenvalue weighted by Gasteiger charge is 2.09. The second-order valence-electron chi connectivity index (χ2n) is 5.44. The molecule has 0 aliphatic rings. The van der Waals surface area contributed by atoms with Crippen molar-refractivity contribution in [2.75, 3.05) is 5.75 Å². The number of benzene rings is 2. The number of carbonyl (C=O) groups is 1. The predicted molar refractivity (Wildman–Crippen MR) is 124 cm³/mol. The molecule has 0 aliphatic heterocycles. The summed E-state index contributed by atoms with van der Waals surface area (Å²) in [6.45, 7) is 0. The quantitative estimate of drug-likeness (QED) is 0.231. The van der Waals surface area contributed by atoms with Gasteiger partial charge in [0.1, 0.15) is 0 Å². The molecule has 3 aromatic rings. The summed E-state index contributed by atoms with van der Waals surface area (Å²) < 4.78 is 1.53. The minimum Gasteiger partial charge on any atom is -0.272 e. The first-order valence-corrected chi connectivity index (χ1v) is 12.0. The van der Waals surface area contributed by atoms with Crippen LogP contribution in [0.15, 0.2) is 56.2 Å². The fourth-order valence-electron chi connectivity index (χ4n) is 2.02. The molecule has 0 atom stereocenters. The van der Waals surface area contributed by atoms with Crippen molar-refractivity contribution < 1.29 is 4.79 Å². The third-order valence-electron chi connectivity index (χ3n) is 3.40. The molecule has 5 nitrogen and oxygen atoms in total. The number of halogens is 3. The van der Waals surface area contributed by atoms with Gasteiger partial charge in [-0.1, -0.05) is 100.0 Å². The Hall–Kier alpha value is -1.29. The Balaban J connectivity index is 1.44. The number of hydrazone groups is 1. The van der Waals surface area contributed by atoms with Gasteiger partial charge in [-0.15, -0.1) is 10.2 Å². The van der Waals surface area contributed by atoms with Crippen LogP contribution >= 0.6 is 69.7 Å². The van der Waals surface area contributed by atoms with Gasteiger partial charge in [-0.05, 0) is 17.7 Å². The topological polar surface area (TPSA) is 67.2 Å². The number of aromatic nitrogens is 2. The first-order chi connectivity index (χ1) is 14.0. The van der Waals surface area contributed by atoms with Crippen LogP contribution in [0, 0.1) is 0 Å². The summed E-state index contributed by atoms with van der Waals surface area (Å²) in [4.78, 5) is 11.9. The summed E-state index contributed by atoms with van der Waals surface area (Å²) in [5.41, 5.74) is 4.12. The summed E-state index contributed by atoms with van der Waals surface area (Å²) in [7, 11) is 0. The van der Waals surface area contributed by atoms with E-state index in [4.69, 9.17) is 34.8 Å². The zero-order valence-corrected chi connectivity index (χ0v) is 19.4. The van der Waals surface area contributed by atoms with Gasteiger partial charge in [0.15, 0.2) is 8.68 Å². The van der Waals surface area contributed by atoms with Crippen LogP contribution in [0.25, 0.3) is 0 Å². The van der Waals surface area contributed by atoms with E-state index in [1.807, 2.05) is 24.3 Å². The average molecular weight is 504 g/mol. The van der Waals surface area contributed by atoms with E-state index in [0.717, 1.165) is 14.9 Å². The summed E-state index contributed by atoms with van der Waals surface area (Å²) >= 11 is 22.4. The average Bonchev–Trinajstić information content (AvgIpc) is 3.17. The Bertz CT molecular complexity index is 1030. The Labute approximate surface area is 195 Å². The first kappa shape index (κ1) is 22.4. The molecule has 2 aromatic carbocycles. The molecule has 3 rings (SSSR count). The van der Waals surface area contributed by atoms with Gasteiger partial charge >= 0.3 is 0 Å². The Morgan fingerprint density at radius 1 is 1.03 bits per heavy atom. The highest BCUT2D eigenvalue weighted by atomic mass is 35.5. The van der Waals surface area contributed by atoms with Crippen LogP contribution in [0.3, 0.4) is 0 Å². The summed E-state index contributed by atoms with van der Waals surface area (Å²) in [5.74, 6) is 0.620. The van der Waals surface area contributed by atoms with E-state index in [0.29, 0.717) is 25.7 Å². The minimum absolute atomic E-state index is 0.171. The van der Waals surface area contributed by atoms with E-state index in [9.17, 15) is 4.79 Å². The summed E-state index contributed by atoms with van der Waals surface area (Å²) in [5, 5.41) is 13.7. The van der Waals surface area contributed by atoms with Gasteiger partial charge in [0.25, 0.3) is 5.91 Å². The van der Waals surface area contributed by atoms with Crippen molar-refractivity contribution in [3.63, 3.8) is 0 Å². The SMILES string of the molecule is O=C(CSc1nnc(SCc2ccccc2Cl)s1)N/N=C/c1cccc(Cl)c1Cl. The molecule has 1 aromatic heterocycles. The zero-order valence-electron chi connectivity index (χ0n) is 14.6. The van der Waals surface area contributed by atoms with E-state index in [2.05, 4.69) is 20.7 Å². The molecule has 1 heterocycles. The van der Waals surface area contributed by atoms with E-state index in [1.54, 1.807) is 30.0 Å². The molecule has 1 amide bonds. The molecule has 0 radical (unpaired) electrons. The van der Waals surface area contributed by atoms with Gasteiger partial charge in [-0.2, -0.15) is 5.10 Å². The maximum atomic E-state index is 11.9. The highest BCUT2D eigenvalue weighted by Crippen LogP contribution is 2.32. The van der Waals surface area contributed by atoms with Gasteiger partial charge < -0.3 is 0 Å². The van der Waals surface area contributed by atoms with E-state index >= 15 is 0 Å². The molecule has 150 valence electrons. The number of hydrogen-bond donors (Lipinski definition) is 1. The van der Waals surface area contributed by atoms with Crippen molar-refractivity contribution in [1.82, 2.24) is 15.6 Å². The van der Waals surface area contributed by atoms with E-state index < -0.39 is 0 Å². The lowest BCUT2D eigenvalue weighted by Gasteiger charge is -2.01. The Morgan fingerprint density at radius 2 is 1.76 bits per heavy atom. The van der Waals surface area contributed by atoms with Crippen molar-refractivity contribution in [2.45, 2.75) is 14.4 Å². The minimum atomic E-state index is -0.259. The molecule has 0 bridgehead atoms. The van der Waals surface area contributed by atoms with Gasteiger partial charge in [0.2, 0.25) is 0 Å². The van der Waals surface area contributed by atoms with Crippen LogP contribution in [0.4, 0.5) is 0 Å². The molecule has 0 spiro atoms. The van der Waals surface area contributed by atoms with Crippen LogP contribution in [0.2, 0.25) is 15.1 Å². The monoisotopic (exact) mass is 502 g/mol. The summed E-state index contributed by atoms with van der Waals surface area (Å²) in [6, 6.07) is 12.9. The van der Waals surface area contributed by atoms with Crippen LogP contribution in [0.1, 0.15) is 11.1 Å². The molecule has 0 unspecified atom stereocenters. The van der Waals surface area contributed by atoms with Gasteiger partial charge in [-0.3, -0.25) is 4.79 Å². The number of hydrogen-bond acceptors (Lipinski definition) is 7. The molecule has 0 fully saturated rings. The van der Waals surface area contributed by atoms with Crippen molar-refractivity contribution in [1.29, 1.82) is 0 Å². The zero-order chi connectivity index (χ0) is 20.6. The van der Waals surface area contributed by atoms with Crippen molar-refractivity contribution >= 4 is 81.8 Å². The largest absolute Gasteiger partial charge is 0.272 e. The van der Waals surface area contributed by atoms with E-state index in [-0.39, 0.29) is 11.7 Å². The number of nitrogens with one attached hydrogen (secondary N) is 1. The molecular weight excluding hydrogens is 491 g/mol. The summed E-state index contributed by atoms with van der Waals surface area (Å²) in [6.07, 6.45) is 1.45. The standard InChI is InChI=1S/C18H13Cl3N4OS3/c19-13-6-2-1-4-12(13)9-27-17-24-25-18(29-17)28-10-15(26)23-22-8-11-5-3-7-14(20)16(11)21/h1-8H,9-10H2,(H,23,26)/b22-8+. The molecule has 0 saturated heterocycles. The molecule has 0 aliphatic carbocycles. The van der Waals surface area contributed by atoms with E-state index in [1.165, 1.54) is 29.3 Å². The number of thioether (sulfide) groups is 2. The highest BCUT2D eigenvalue weighted by molar-refractivity contribution is 8.03.